The van der Waals surface area contributed by atoms with Crippen molar-refractivity contribution in [2.45, 2.75) is 302 Å². The molecule has 0 aromatic rings. The molecule has 0 spiro atoms. The number of ether oxygens (including phenoxy) is 1. The summed E-state index contributed by atoms with van der Waals surface area (Å²) in [4.78, 5) is 26.2. The van der Waals surface area contributed by atoms with E-state index in [1.165, 1.54) is 180 Å². The molecule has 0 aromatic heterocycles. The zero-order chi connectivity index (χ0) is 45.2. The lowest BCUT2D eigenvalue weighted by Crippen LogP contribution is -2.46. The third-order valence-electron chi connectivity index (χ3n) is 12.5. The van der Waals surface area contributed by atoms with Gasteiger partial charge in [0.2, 0.25) is 5.91 Å². The minimum atomic E-state index is -0.787. The first-order chi connectivity index (χ1) is 30.5. The number of carbonyl (C=O) groups excluding carboxylic acids is 2. The molecule has 6 heteroatoms. The maximum Gasteiger partial charge on any atom is 0.306 e. The van der Waals surface area contributed by atoms with Crippen molar-refractivity contribution in [3.8, 4) is 0 Å². The SMILES string of the molecule is CC/C=C/C=C/C=C/CCCCCCCCCC(=O)OC(CCCCCCCCCCCCCCC)CC(=O)NC(CO)C(O)CCCCCCCCCCCCCCCCC. The Bertz CT molecular complexity index is 1020. The Kier molecular flexibility index (Phi) is 48.5. The Hall–Kier alpha value is -1.92. The Morgan fingerprint density at radius 3 is 1.31 bits per heavy atom. The zero-order valence-corrected chi connectivity index (χ0v) is 41.5. The van der Waals surface area contributed by atoms with Gasteiger partial charge in [0.05, 0.1) is 25.2 Å². The fourth-order valence-corrected chi connectivity index (χ4v) is 8.43. The number of hydrogen-bond donors (Lipinski definition) is 3. The van der Waals surface area contributed by atoms with Crippen molar-refractivity contribution in [3.05, 3.63) is 36.5 Å². The average molecular weight is 872 g/mol. The highest BCUT2D eigenvalue weighted by molar-refractivity contribution is 5.77. The smallest absolute Gasteiger partial charge is 0.306 e. The highest BCUT2D eigenvalue weighted by Gasteiger charge is 2.24. The number of amides is 1. The van der Waals surface area contributed by atoms with Crippen LogP contribution in [-0.2, 0) is 14.3 Å². The van der Waals surface area contributed by atoms with Gasteiger partial charge in [-0.1, -0.05) is 263 Å². The molecule has 0 aromatic carbocycles. The van der Waals surface area contributed by atoms with E-state index >= 15 is 0 Å². The van der Waals surface area contributed by atoms with Crippen LogP contribution in [0.1, 0.15) is 284 Å². The Morgan fingerprint density at radius 1 is 0.484 bits per heavy atom. The molecular formula is C56H105NO5. The maximum absolute atomic E-state index is 13.2. The van der Waals surface area contributed by atoms with Crippen LogP contribution in [0.15, 0.2) is 36.5 Å². The third-order valence-corrected chi connectivity index (χ3v) is 12.5. The minimum Gasteiger partial charge on any atom is -0.462 e. The molecule has 3 unspecified atom stereocenters. The maximum atomic E-state index is 13.2. The van der Waals surface area contributed by atoms with Crippen molar-refractivity contribution < 1.29 is 24.5 Å². The summed E-state index contributed by atoms with van der Waals surface area (Å²) in [6.45, 7) is 6.38. The van der Waals surface area contributed by atoms with E-state index in [1.807, 2.05) is 0 Å². The number of aliphatic hydroxyl groups is 2. The highest BCUT2D eigenvalue weighted by atomic mass is 16.5. The van der Waals surface area contributed by atoms with Gasteiger partial charge < -0.3 is 20.3 Å². The second-order valence-electron chi connectivity index (χ2n) is 18.7. The molecular weight excluding hydrogens is 767 g/mol. The molecule has 62 heavy (non-hydrogen) atoms. The lowest BCUT2D eigenvalue weighted by Gasteiger charge is -2.24. The van der Waals surface area contributed by atoms with E-state index in [0.29, 0.717) is 19.3 Å². The number of esters is 1. The van der Waals surface area contributed by atoms with E-state index in [0.717, 1.165) is 57.8 Å². The Labute approximate surface area is 385 Å². The van der Waals surface area contributed by atoms with Crippen molar-refractivity contribution in [1.29, 1.82) is 0 Å². The number of allylic oxidation sites excluding steroid dienone is 6. The largest absolute Gasteiger partial charge is 0.462 e. The van der Waals surface area contributed by atoms with Crippen LogP contribution in [0.4, 0.5) is 0 Å². The lowest BCUT2D eigenvalue weighted by atomic mass is 10.0. The molecule has 0 rings (SSSR count). The molecule has 364 valence electrons. The van der Waals surface area contributed by atoms with Gasteiger partial charge in [0.1, 0.15) is 6.10 Å². The Morgan fingerprint density at radius 2 is 0.871 bits per heavy atom. The molecule has 0 heterocycles. The topological polar surface area (TPSA) is 95.9 Å². The predicted molar refractivity (Wildman–Crippen MR) is 269 cm³/mol. The van der Waals surface area contributed by atoms with E-state index < -0.39 is 18.2 Å². The number of aliphatic hydroxyl groups excluding tert-OH is 2. The van der Waals surface area contributed by atoms with Crippen LogP contribution in [-0.4, -0.2) is 46.9 Å². The van der Waals surface area contributed by atoms with E-state index in [-0.39, 0.29) is 24.9 Å². The molecule has 0 aliphatic rings. The minimum absolute atomic E-state index is 0.0769. The average Bonchev–Trinajstić information content (AvgIpc) is 3.26. The lowest BCUT2D eigenvalue weighted by molar-refractivity contribution is -0.151. The normalized spacial score (nSPS) is 13.4. The summed E-state index contributed by atoms with van der Waals surface area (Å²) in [5.41, 5.74) is 0. The van der Waals surface area contributed by atoms with Gasteiger partial charge in [-0.3, -0.25) is 9.59 Å². The molecule has 0 aliphatic carbocycles. The molecule has 0 bridgehead atoms. The number of carbonyl (C=O) groups is 2. The summed E-state index contributed by atoms with van der Waals surface area (Å²) in [7, 11) is 0. The second-order valence-corrected chi connectivity index (χ2v) is 18.7. The van der Waals surface area contributed by atoms with E-state index in [9.17, 15) is 19.8 Å². The summed E-state index contributed by atoms with van der Waals surface area (Å²) < 4.78 is 5.94. The first-order valence-electron chi connectivity index (χ1n) is 27.2. The van der Waals surface area contributed by atoms with Crippen molar-refractivity contribution >= 4 is 11.9 Å². The number of hydrogen-bond acceptors (Lipinski definition) is 5. The van der Waals surface area contributed by atoms with Gasteiger partial charge in [-0.2, -0.15) is 0 Å². The van der Waals surface area contributed by atoms with Gasteiger partial charge in [0, 0.05) is 6.42 Å². The summed E-state index contributed by atoms with van der Waals surface area (Å²) >= 11 is 0. The van der Waals surface area contributed by atoms with Crippen LogP contribution in [0.25, 0.3) is 0 Å². The molecule has 0 fully saturated rings. The monoisotopic (exact) mass is 872 g/mol. The number of unbranched alkanes of at least 4 members (excludes halogenated alkanes) is 33. The summed E-state index contributed by atoms with van der Waals surface area (Å²) in [5, 5.41) is 23.8. The molecule has 0 saturated heterocycles. The van der Waals surface area contributed by atoms with Crippen LogP contribution >= 0.6 is 0 Å². The molecule has 0 saturated carbocycles. The highest BCUT2D eigenvalue weighted by Crippen LogP contribution is 2.19. The van der Waals surface area contributed by atoms with Crippen LogP contribution < -0.4 is 5.32 Å². The Balaban J connectivity index is 4.53. The van der Waals surface area contributed by atoms with Gasteiger partial charge in [-0.05, 0) is 44.9 Å². The van der Waals surface area contributed by atoms with Crippen LogP contribution in [0.3, 0.4) is 0 Å². The summed E-state index contributed by atoms with van der Waals surface area (Å²) in [5.74, 6) is -0.474. The van der Waals surface area contributed by atoms with Gasteiger partial charge in [0.25, 0.3) is 0 Å². The molecule has 3 atom stereocenters. The quantitative estimate of drug-likeness (QED) is 0.0321. The fraction of sp³-hybridized carbons (Fsp3) is 0.857. The standard InChI is InChI=1S/C56H105NO5/c1-4-7-10-13-16-19-22-25-27-30-33-36-39-42-45-48-54(59)53(51-58)57-55(60)50-52(47-44-41-38-35-32-29-24-21-18-15-12-9-6-3)62-56(61)49-46-43-40-37-34-31-28-26-23-20-17-14-11-8-5-2/h8,11,14,17,20,23,52-54,58-59H,4-7,9-10,12-13,15-16,18-19,21-22,24-51H2,1-3H3,(H,57,60)/b11-8+,17-14+,23-20+. The van der Waals surface area contributed by atoms with E-state index in [1.54, 1.807) is 0 Å². The molecule has 1 amide bonds. The predicted octanol–water partition coefficient (Wildman–Crippen LogP) is 16.5. The van der Waals surface area contributed by atoms with Crippen molar-refractivity contribution in [2.75, 3.05) is 6.61 Å². The molecule has 0 radical (unpaired) electrons. The van der Waals surface area contributed by atoms with Crippen molar-refractivity contribution in [2.24, 2.45) is 0 Å². The number of nitrogens with one attached hydrogen (secondary N) is 1. The molecule has 3 N–H and O–H groups in total. The van der Waals surface area contributed by atoms with E-state index in [2.05, 4.69) is 62.5 Å². The fourth-order valence-electron chi connectivity index (χ4n) is 8.43. The van der Waals surface area contributed by atoms with Crippen LogP contribution in [0.5, 0.6) is 0 Å². The van der Waals surface area contributed by atoms with Crippen LogP contribution in [0.2, 0.25) is 0 Å². The zero-order valence-electron chi connectivity index (χ0n) is 41.5. The number of rotatable bonds is 49. The van der Waals surface area contributed by atoms with Gasteiger partial charge in [-0.25, -0.2) is 0 Å². The van der Waals surface area contributed by atoms with E-state index in [4.69, 9.17) is 4.74 Å². The summed E-state index contributed by atoms with van der Waals surface area (Å²) in [6.07, 6.45) is 59.2. The summed E-state index contributed by atoms with van der Waals surface area (Å²) in [6, 6.07) is -0.701. The third kappa shape index (κ3) is 44.7. The first-order valence-corrected chi connectivity index (χ1v) is 27.2. The molecule has 0 aliphatic heterocycles. The van der Waals surface area contributed by atoms with Gasteiger partial charge >= 0.3 is 5.97 Å². The van der Waals surface area contributed by atoms with Gasteiger partial charge in [-0.15, -0.1) is 0 Å². The molecule has 6 nitrogen and oxygen atoms in total. The van der Waals surface area contributed by atoms with Crippen molar-refractivity contribution in [3.63, 3.8) is 0 Å². The first kappa shape index (κ1) is 60.1. The second kappa shape index (κ2) is 50.1. The van der Waals surface area contributed by atoms with Gasteiger partial charge in [0.15, 0.2) is 0 Å². The van der Waals surface area contributed by atoms with Crippen LogP contribution in [0, 0.1) is 0 Å². The van der Waals surface area contributed by atoms with Crippen molar-refractivity contribution in [1.82, 2.24) is 5.32 Å².